The van der Waals surface area contributed by atoms with Gasteiger partial charge in [0.2, 0.25) is 0 Å². The molecule has 0 aliphatic carbocycles. The minimum Gasteiger partial charge on any atom is -0.466 e. The van der Waals surface area contributed by atoms with E-state index in [4.69, 9.17) is 14.2 Å². The Hall–Kier alpha value is -3.18. The topological polar surface area (TPSA) is 123 Å². The minimum absolute atomic E-state index is 0.00110. The van der Waals surface area contributed by atoms with Gasteiger partial charge in [-0.1, -0.05) is 0 Å². The van der Waals surface area contributed by atoms with Gasteiger partial charge in [0.25, 0.3) is 5.69 Å². The number of ether oxygens (including phenoxy) is 3. The number of piperazine rings is 1. The van der Waals surface area contributed by atoms with E-state index in [0.29, 0.717) is 43.1 Å². The molecule has 0 aromatic heterocycles. The van der Waals surface area contributed by atoms with Crippen molar-refractivity contribution < 1.29 is 28.7 Å². The number of nitrogens with one attached hydrogen (secondary N) is 1. The van der Waals surface area contributed by atoms with Gasteiger partial charge >= 0.3 is 11.9 Å². The third-order valence-electron chi connectivity index (χ3n) is 5.07. The highest BCUT2D eigenvalue weighted by molar-refractivity contribution is 6.03. The first kappa shape index (κ1) is 21.5. The number of anilines is 2. The number of rotatable bonds is 5. The zero-order valence-electron chi connectivity index (χ0n) is 17.1. The fourth-order valence-corrected chi connectivity index (χ4v) is 3.60. The molecule has 0 saturated carbocycles. The quantitative estimate of drug-likeness (QED) is 0.414. The number of carbonyl (C=O) groups excluding carboxylic acids is 2. The Morgan fingerprint density at radius 2 is 1.80 bits per heavy atom. The molecule has 0 bridgehead atoms. The van der Waals surface area contributed by atoms with Crippen LogP contribution < -0.4 is 15.1 Å². The lowest BCUT2D eigenvalue weighted by atomic mass is 10.1. The molecule has 162 valence electrons. The molecule has 0 atom stereocenters. The van der Waals surface area contributed by atoms with Gasteiger partial charge in [-0.3, -0.25) is 10.1 Å². The number of methoxy groups -OCH3 is 2. The molecule has 0 radical (unpaired) electrons. The van der Waals surface area contributed by atoms with Crippen LogP contribution in [0.3, 0.4) is 0 Å². The van der Waals surface area contributed by atoms with Gasteiger partial charge in [-0.25, -0.2) is 9.59 Å². The van der Waals surface area contributed by atoms with Crippen LogP contribution in [0.1, 0.15) is 5.56 Å². The van der Waals surface area contributed by atoms with E-state index in [-0.39, 0.29) is 30.3 Å². The average molecular weight is 420 g/mol. The molecule has 0 amide bonds. The monoisotopic (exact) mass is 420 g/mol. The smallest absolute Gasteiger partial charge is 0.355 e. The number of nitrogens with zero attached hydrogens (tertiary/aromatic N) is 3. The fraction of sp³-hybridized carbons (Fsp3) is 0.474. The first-order valence-electron chi connectivity index (χ1n) is 9.38. The van der Waals surface area contributed by atoms with Crippen molar-refractivity contribution in [2.24, 2.45) is 0 Å². The molecule has 1 aromatic rings. The Labute approximate surface area is 173 Å². The molecule has 2 aliphatic heterocycles. The van der Waals surface area contributed by atoms with E-state index in [1.807, 2.05) is 4.90 Å². The van der Waals surface area contributed by atoms with E-state index in [0.717, 1.165) is 0 Å². The third-order valence-corrected chi connectivity index (χ3v) is 5.07. The highest BCUT2D eigenvalue weighted by Crippen LogP contribution is 2.38. The van der Waals surface area contributed by atoms with Crippen LogP contribution in [-0.4, -0.2) is 70.6 Å². The predicted molar refractivity (Wildman–Crippen MR) is 107 cm³/mol. The molecule has 2 heterocycles. The molecule has 1 N–H and O–H groups in total. The maximum absolute atomic E-state index is 12.5. The summed E-state index contributed by atoms with van der Waals surface area (Å²) in [5.41, 5.74) is 1.51. The molecule has 11 heteroatoms. The Morgan fingerprint density at radius 1 is 1.13 bits per heavy atom. The van der Waals surface area contributed by atoms with Crippen LogP contribution >= 0.6 is 0 Å². The molecule has 11 nitrogen and oxygen atoms in total. The van der Waals surface area contributed by atoms with Crippen molar-refractivity contribution in [1.29, 1.82) is 0 Å². The number of carbonyl (C=O) groups is 2. The van der Waals surface area contributed by atoms with E-state index >= 15 is 0 Å². The lowest BCUT2D eigenvalue weighted by Gasteiger charge is -2.34. The van der Waals surface area contributed by atoms with Crippen molar-refractivity contribution in [1.82, 2.24) is 5.32 Å². The predicted octanol–water partition coefficient (Wildman–Crippen LogP) is 0.707. The highest BCUT2D eigenvalue weighted by Gasteiger charge is 2.34. The first-order valence-corrected chi connectivity index (χ1v) is 9.38. The van der Waals surface area contributed by atoms with Crippen LogP contribution in [0.2, 0.25) is 0 Å². The fourth-order valence-electron chi connectivity index (χ4n) is 3.60. The SMILES string of the molecule is COC(=O)C1=C(C(=O)OC)N(c2cc(N3CCNCC3)c([N+](=O)[O-])cc2C)COC1. The zero-order chi connectivity index (χ0) is 21.8. The van der Waals surface area contributed by atoms with E-state index in [9.17, 15) is 19.7 Å². The molecule has 30 heavy (non-hydrogen) atoms. The largest absolute Gasteiger partial charge is 0.466 e. The summed E-state index contributed by atoms with van der Waals surface area (Å²) in [5.74, 6) is -1.43. The summed E-state index contributed by atoms with van der Waals surface area (Å²) in [6, 6.07) is 3.12. The van der Waals surface area contributed by atoms with E-state index in [1.54, 1.807) is 13.0 Å². The zero-order valence-corrected chi connectivity index (χ0v) is 17.1. The summed E-state index contributed by atoms with van der Waals surface area (Å²) < 4.78 is 15.2. The number of nitro benzene ring substituents is 1. The second-order valence-electron chi connectivity index (χ2n) is 6.84. The summed E-state index contributed by atoms with van der Waals surface area (Å²) >= 11 is 0. The van der Waals surface area contributed by atoms with Gasteiger partial charge in [0, 0.05) is 37.9 Å². The van der Waals surface area contributed by atoms with Crippen molar-refractivity contribution >= 4 is 29.0 Å². The molecular formula is C19H24N4O7. The number of hydrogen-bond acceptors (Lipinski definition) is 10. The van der Waals surface area contributed by atoms with Crippen molar-refractivity contribution in [2.75, 3.05) is 63.5 Å². The molecule has 1 saturated heterocycles. The van der Waals surface area contributed by atoms with E-state index in [1.165, 1.54) is 25.2 Å². The Balaban J connectivity index is 2.16. The van der Waals surface area contributed by atoms with Crippen molar-refractivity contribution in [2.45, 2.75) is 6.92 Å². The number of hydrogen-bond donors (Lipinski definition) is 1. The molecule has 2 aliphatic rings. The first-order chi connectivity index (χ1) is 14.4. The second kappa shape index (κ2) is 9.09. The Kier molecular flexibility index (Phi) is 6.53. The highest BCUT2D eigenvalue weighted by atomic mass is 16.6. The number of nitro groups is 1. The molecule has 0 spiro atoms. The van der Waals surface area contributed by atoms with Crippen LogP contribution in [0.5, 0.6) is 0 Å². The Morgan fingerprint density at radius 3 is 2.40 bits per heavy atom. The standard InChI is InChI=1S/C19H24N4O7/c1-12-8-16(23(26)27)15(21-6-4-20-5-7-21)9-14(12)22-11-30-10-13(18(24)28-2)17(22)19(25)29-3/h8-9,20H,4-7,10-11H2,1-3H3. The average Bonchev–Trinajstić information content (AvgIpc) is 2.77. The van der Waals surface area contributed by atoms with E-state index in [2.05, 4.69) is 5.32 Å². The minimum atomic E-state index is -0.722. The molecule has 0 unspecified atom stereocenters. The summed E-state index contributed by atoms with van der Waals surface area (Å²) in [7, 11) is 2.43. The number of aryl methyl sites for hydroxylation is 1. The molecule has 1 aromatic carbocycles. The van der Waals surface area contributed by atoms with Gasteiger partial charge in [0.15, 0.2) is 0 Å². The van der Waals surface area contributed by atoms with Gasteiger partial charge < -0.3 is 29.3 Å². The molecular weight excluding hydrogens is 396 g/mol. The number of esters is 2. The summed E-state index contributed by atoms with van der Waals surface area (Å²) in [5, 5.41) is 14.9. The lowest BCUT2D eigenvalue weighted by molar-refractivity contribution is -0.384. The summed E-state index contributed by atoms with van der Waals surface area (Å²) in [6.07, 6.45) is 0. The van der Waals surface area contributed by atoms with Gasteiger partial charge in [-0.2, -0.15) is 0 Å². The van der Waals surface area contributed by atoms with Gasteiger partial charge in [0.1, 0.15) is 18.1 Å². The van der Waals surface area contributed by atoms with Crippen molar-refractivity contribution in [3.63, 3.8) is 0 Å². The summed E-state index contributed by atoms with van der Waals surface area (Å²) in [6.45, 7) is 4.18. The molecule has 3 rings (SSSR count). The van der Waals surface area contributed by atoms with Crippen LogP contribution in [-0.2, 0) is 23.8 Å². The maximum Gasteiger partial charge on any atom is 0.355 e. The van der Waals surface area contributed by atoms with Gasteiger partial charge in [0.05, 0.1) is 31.3 Å². The number of benzene rings is 1. The summed E-state index contributed by atoms with van der Waals surface area (Å²) in [4.78, 5) is 39.4. The maximum atomic E-state index is 12.5. The van der Waals surface area contributed by atoms with Crippen molar-refractivity contribution in [3.05, 3.63) is 39.1 Å². The van der Waals surface area contributed by atoms with Crippen LogP contribution in [0.25, 0.3) is 0 Å². The van der Waals surface area contributed by atoms with Crippen LogP contribution in [0, 0.1) is 17.0 Å². The van der Waals surface area contributed by atoms with Crippen LogP contribution in [0.4, 0.5) is 17.1 Å². The molecule has 1 fully saturated rings. The van der Waals surface area contributed by atoms with Gasteiger partial charge in [-0.15, -0.1) is 0 Å². The normalized spacial score (nSPS) is 17.0. The van der Waals surface area contributed by atoms with Crippen molar-refractivity contribution in [3.8, 4) is 0 Å². The third kappa shape index (κ3) is 4.07. The van der Waals surface area contributed by atoms with Gasteiger partial charge in [-0.05, 0) is 18.6 Å². The Bertz CT molecular complexity index is 893. The van der Waals surface area contributed by atoms with E-state index < -0.39 is 16.9 Å². The second-order valence-corrected chi connectivity index (χ2v) is 6.84. The lowest BCUT2D eigenvalue weighted by Crippen LogP contribution is -2.44. The van der Waals surface area contributed by atoms with Crippen LogP contribution in [0.15, 0.2) is 23.4 Å².